The van der Waals surface area contributed by atoms with E-state index >= 15 is 0 Å². The van der Waals surface area contributed by atoms with Crippen LogP contribution in [-0.4, -0.2) is 5.97 Å². The van der Waals surface area contributed by atoms with Gasteiger partial charge in [0.2, 0.25) is 0 Å². The molecule has 0 saturated heterocycles. The maximum atomic E-state index is 7.41. The third kappa shape index (κ3) is 4.30. The molecule has 7 aromatic rings. The fourth-order valence-electron chi connectivity index (χ4n) is 7.03. The molecule has 4 nitrogen and oxygen atoms in total. The summed E-state index contributed by atoms with van der Waals surface area (Å²) in [6, 6.07) is 66.2. The molecule has 0 amide bonds. The summed E-state index contributed by atoms with van der Waals surface area (Å²) in [5, 5.41) is 0. The Hall–Kier alpha value is -6.26. The van der Waals surface area contributed by atoms with Crippen molar-refractivity contribution in [1.82, 2.24) is 0 Å². The van der Waals surface area contributed by atoms with Gasteiger partial charge < -0.3 is 4.74 Å². The van der Waals surface area contributed by atoms with Crippen LogP contribution in [0, 0.1) is 0 Å². The van der Waals surface area contributed by atoms with Crippen molar-refractivity contribution in [3.8, 4) is 28.0 Å². The molecule has 0 fully saturated rings. The van der Waals surface area contributed by atoms with Crippen LogP contribution in [0.1, 0.15) is 0 Å². The largest absolute Gasteiger partial charge is 0.429 e. The van der Waals surface area contributed by atoms with E-state index in [1.807, 2.05) is 6.07 Å². The van der Waals surface area contributed by atoms with Gasteiger partial charge in [0.25, 0.3) is 0 Å². The van der Waals surface area contributed by atoms with Gasteiger partial charge >= 0.3 is 5.97 Å². The lowest BCUT2D eigenvalue weighted by atomic mass is 10.0. The first-order valence-electron chi connectivity index (χ1n) is 16.0. The Bertz CT molecular complexity index is 2090. The zero-order chi connectivity index (χ0) is 31.2. The number of hydrogen-bond acceptors (Lipinski definition) is 4. The minimum atomic E-state index is -1.15. The molecule has 7 aromatic carbocycles. The summed E-state index contributed by atoms with van der Waals surface area (Å²) >= 11 is 0. The van der Waals surface area contributed by atoms with Gasteiger partial charge in [-0.05, 0) is 82.9 Å². The summed E-state index contributed by atoms with van der Waals surface area (Å²) in [6.07, 6.45) is 0. The molecule has 2 heterocycles. The molecule has 47 heavy (non-hydrogen) atoms. The van der Waals surface area contributed by atoms with Crippen molar-refractivity contribution in [3.05, 3.63) is 188 Å². The molecule has 0 bridgehead atoms. The van der Waals surface area contributed by atoms with Crippen LogP contribution < -0.4 is 19.4 Å². The zero-order valence-corrected chi connectivity index (χ0v) is 25.6. The maximum absolute atomic E-state index is 7.41. The normalized spacial score (nSPS) is 14.2. The van der Waals surface area contributed by atoms with Gasteiger partial charge in [0, 0.05) is 17.1 Å². The highest BCUT2D eigenvalue weighted by atomic mass is 16.6. The monoisotopic (exact) mass is 605 g/mol. The third-order valence-electron chi connectivity index (χ3n) is 9.03. The number of hydrogen-bond donors (Lipinski definition) is 0. The van der Waals surface area contributed by atoms with Gasteiger partial charge in [0.15, 0.2) is 5.75 Å². The van der Waals surface area contributed by atoms with Crippen molar-refractivity contribution in [2.24, 2.45) is 0 Å². The summed E-state index contributed by atoms with van der Waals surface area (Å²) in [7, 11) is 0. The lowest BCUT2D eigenvalue weighted by molar-refractivity contribution is 0.119. The van der Waals surface area contributed by atoms with Crippen LogP contribution in [0.2, 0.25) is 0 Å². The number of benzene rings is 7. The summed E-state index contributed by atoms with van der Waals surface area (Å²) in [5.41, 5.74) is 10.8. The Morgan fingerprint density at radius 1 is 0.319 bits per heavy atom. The van der Waals surface area contributed by atoms with Crippen LogP contribution in [-0.2, 0) is 0 Å². The fraction of sp³-hybridized carbons (Fsp3) is 0.0233. The van der Waals surface area contributed by atoms with Crippen LogP contribution in [0.25, 0.3) is 22.3 Å². The molecule has 0 aliphatic carbocycles. The van der Waals surface area contributed by atoms with E-state index in [2.05, 4.69) is 197 Å². The number of rotatable bonds is 5. The summed E-state index contributed by atoms with van der Waals surface area (Å²) in [5.74, 6) is -0.336. The molecule has 0 N–H and O–H groups in total. The molecule has 0 saturated carbocycles. The molecule has 2 aliphatic heterocycles. The fourth-order valence-corrected chi connectivity index (χ4v) is 7.03. The Morgan fingerprint density at radius 3 is 1.23 bits per heavy atom. The zero-order valence-electron chi connectivity index (χ0n) is 25.6. The number of para-hydroxylation sites is 5. The smallest absolute Gasteiger partial charge is 0.367 e. The lowest BCUT2D eigenvalue weighted by Gasteiger charge is -2.46. The highest BCUT2D eigenvalue weighted by Gasteiger charge is 2.62. The van der Waals surface area contributed by atoms with Gasteiger partial charge in [-0.3, -0.25) is 14.7 Å². The number of fused-ring (bicyclic) bond motifs is 2. The molecule has 0 aromatic heterocycles. The topological polar surface area (TPSA) is 19.0 Å². The van der Waals surface area contributed by atoms with E-state index in [0.29, 0.717) is 0 Å². The lowest BCUT2D eigenvalue weighted by Crippen LogP contribution is -2.65. The predicted octanol–water partition coefficient (Wildman–Crippen LogP) is 11.2. The summed E-state index contributed by atoms with van der Waals surface area (Å²) < 4.78 is 7.41. The molecule has 1 spiro atoms. The third-order valence-corrected chi connectivity index (χ3v) is 9.03. The predicted molar refractivity (Wildman–Crippen MR) is 193 cm³/mol. The van der Waals surface area contributed by atoms with E-state index in [0.717, 1.165) is 51.0 Å². The molecule has 2 aliphatic rings. The Morgan fingerprint density at radius 2 is 0.702 bits per heavy atom. The van der Waals surface area contributed by atoms with Gasteiger partial charge in [0.05, 0.1) is 17.1 Å². The maximum Gasteiger partial charge on any atom is 0.367 e. The standard InChI is InChI=1S/C43H31N3O/c1-4-16-32(17-5-1)34-20-14-24-37(30-34)45-39-26-10-11-27-40(39)46(38-25-15-21-35(31-38)33-18-6-2-7-19-33)43(45)44(36-22-8-3-9-23-36)41-28-12-13-29-42(41)47-43/h1-31H. The van der Waals surface area contributed by atoms with E-state index in [4.69, 9.17) is 4.74 Å². The minimum absolute atomic E-state index is 0.817. The molecule has 0 atom stereocenters. The van der Waals surface area contributed by atoms with Crippen molar-refractivity contribution in [3.63, 3.8) is 0 Å². The van der Waals surface area contributed by atoms with Crippen LogP contribution in [0.4, 0.5) is 34.1 Å². The minimum Gasteiger partial charge on any atom is -0.429 e. The first kappa shape index (κ1) is 27.1. The van der Waals surface area contributed by atoms with Crippen LogP contribution >= 0.6 is 0 Å². The SMILES string of the molecule is c1ccc(-c2cccc(N3c4ccccc4N(c4cccc(-c5ccccc5)c4)C34Oc3ccccc3N4c3ccccc3)c2)cc1. The van der Waals surface area contributed by atoms with Gasteiger partial charge in [-0.2, -0.15) is 0 Å². The van der Waals surface area contributed by atoms with Crippen LogP contribution in [0.5, 0.6) is 5.75 Å². The van der Waals surface area contributed by atoms with Crippen LogP contribution in [0.3, 0.4) is 0 Å². The van der Waals surface area contributed by atoms with Crippen molar-refractivity contribution in [1.29, 1.82) is 0 Å². The Labute approximate surface area is 275 Å². The average molecular weight is 606 g/mol. The molecule has 9 rings (SSSR count). The van der Waals surface area contributed by atoms with Gasteiger partial charge in [-0.15, -0.1) is 0 Å². The molecular formula is C43H31N3O. The first-order valence-corrected chi connectivity index (χ1v) is 16.0. The first-order chi connectivity index (χ1) is 23.3. The van der Waals surface area contributed by atoms with E-state index < -0.39 is 5.97 Å². The average Bonchev–Trinajstić information content (AvgIpc) is 3.64. The molecule has 0 radical (unpaired) electrons. The quantitative estimate of drug-likeness (QED) is 0.194. The molecule has 0 unspecified atom stereocenters. The highest BCUT2D eigenvalue weighted by molar-refractivity contribution is 5.95. The summed E-state index contributed by atoms with van der Waals surface area (Å²) in [6.45, 7) is 0. The second-order valence-electron chi connectivity index (χ2n) is 11.8. The Balaban J connectivity index is 1.34. The van der Waals surface area contributed by atoms with Crippen molar-refractivity contribution in [2.45, 2.75) is 5.97 Å². The van der Waals surface area contributed by atoms with Crippen molar-refractivity contribution >= 4 is 34.1 Å². The second-order valence-corrected chi connectivity index (χ2v) is 11.8. The van der Waals surface area contributed by atoms with Gasteiger partial charge in [-0.1, -0.05) is 127 Å². The van der Waals surface area contributed by atoms with Crippen molar-refractivity contribution in [2.75, 3.05) is 14.7 Å². The number of ether oxygens (including phenoxy) is 1. The summed E-state index contributed by atoms with van der Waals surface area (Å²) in [4.78, 5) is 7.06. The molecule has 4 heteroatoms. The Kier molecular flexibility index (Phi) is 6.32. The van der Waals surface area contributed by atoms with E-state index in [1.165, 1.54) is 11.1 Å². The molecular weight excluding hydrogens is 574 g/mol. The van der Waals surface area contributed by atoms with E-state index in [1.54, 1.807) is 0 Å². The highest BCUT2D eigenvalue weighted by Crippen LogP contribution is 2.61. The van der Waals surface area contributed by atoms with E-state index in [-0.39, 0.29) is 0 Å². The van der Waals surface area contributed by atoms with Gasteiger partial charge in [0.1, 0.15) is 0 Å². The van der Waals surface area contributed by atoms with Crippen LogP contribution in [0.15, 0.2) is 188 Å². The molecule has 224 valence electrons. The van der Waals surface area contributed by atoms with Gasteiger partial charge in [-0.25, -0.2) is 0 Å². The number of nitrogens with zero attached hydrogens (tertiary/aromatic N) is 3. The second kappa shape index (κ2) is 11.0. The van der Waals surface area contributed by atoms with E-state index in [9.17, 15) is 0 Å². The number of anilines is 6. The van der Waals surface area contributed by atoms with Crippen molar-refractivity contribution < 1.29 is 4.74 Å².